The maximum Gasteiger partial charge on any atom is 0.263 e. The van der Waals surface area contributed by atoms with Crippen LogP contribution in [0.4, 0.5) is 5.69 Å². The van der Waals surface area contributed by atoms with Crippen LogP contribution >= 0.6 is 35.0 Å². The van der Waals surface area contributed by atoms with Gasteiger partial charge in [-0.15, -0.1) is 0 Å². The number of fused-ring (bicyclic) bond motifs is 1. The molecular formula is C19H20Cl2N2O4S2. The molecule has 1 aliphatic rings. The van der Waals surface area contributed by atoms with Crippen LogP contribution in [0.3, 0.4) is 0 Å². The maximum atomic E-state index is 12.5. The Morgan fingerprint density at radius 3 is 2.59 bits per heavy atom. The number of hydrogen-bond donors (Lipinski definition) is 1. The molecule has 0 saturated carbocycles. The van der Waals surface area contributed by atoms with Crippen LogP contribution in [0.25, 0.3) is 0 Å². The fourth-order valence-electron chi connectivity index (χ4n) is 2.86. The van der Waals surface area contributed by atoms with Crippen molar-refractivity contribution >= 4 is 56.6 Å². The molecule has 2 aromatic rings. The minimum Gasteiger partial charge on any atom is -0.476 e. The first-order valence-electron chi connectivity index (χ1n) is 8.79. The van der Waals surface area contributed by atoms with E-state index in [-0.39, 0.29) is 12.5 Å². The van der Waals surface area contributed by atoms with Crippen LogP contribution in [-0.2, 0) is 20.6 Å². The molecule has 2 aromatic carbocycles. The summed E-state index contributed by atoms with van der Waals surface area (Å²) in [5.74, 6) is 1.28. The predicted octanol–water partition coefficient (Wildman–Crippen LogP) is 3.57. The standard InChI is InChI=1S/C19H20Cl2N2O4S2/c1-29(25,26)23-11-18(27-17-8-3-2-7-16(17)23)19(24)22-9-10-28-12-13-14(20)5-4-6-15(13)21/h2-8,18H,9-12H2,1H3,(H,22,24)/t18-/m0/s1. The molecule has 0 saturated heterocycles. The first kappa shape index (κ1) is 22.1. The Labute approximate surface area is 184 Å². The van der Waals surface area contributed by atoms with Crippen LogP contribution in [-0.4, -0.2) is 45.5 Å². The lowest BCUT2D eigenvalue weighted by atomic mass is 10.2. The average Bonchev–Trinajstić information content (AvgIpc) is 2.68. The number of para-hydroxylation sites is 2. The highest BCUT2D eigenvalue weighted by atomic mass is 35.5. The average molecular weight is 475 g/mol. The number of benzene rings is 2. The molecule has 1 amide bonds. The summed E-state index contributed by atoms with van der Waals surface area (Å²) in [5.41, 5.74) is 1.30. The van der Waals surface area contributed by atoms with Gasteiger partial charge >= 0.3 is 0 Å². The third kappa shape index (κ3) is 5.51. The number of nitrogens with one attached hydrogen (secondary N) is 1. The number of amides is 1. The van der Waals surface area contributed by atoms with Gasteiger partial charge in [-0.3, -0.25) is 9.10 Å². The second kappa shape index (κ2) is 9.47. The van der Waals surface area contributed by atoms with Crippen LogP contribution < -0.4 is 14.4 Å². The predicted molar refractivity (Wildman–Crippen MR) is 119 cm³/mol. The Balaban J connectivity index is 1.53. The number of nitrogens with zero attached hydrogens (tertiary/aromatic N) is 1. The van der Waals surface area contributed by atoms with Gasteiger partial charge in [0.1, 0.15) is 5.75 Å². The third-order valence-electron chi connectivity index (χ3n) is 4.28. The van der Waals surface area contributed by atoms with Gasteiger partial charge in [-0.05, 0) is 29.8 Å². The number of anilines is 1. The van der Waals surface area contributed by atoms with Crippen LogP contribution in [0.1, 0.15) is 5.56 Å². The molecule has 0 spiro atoms. The smallest absolute Gasteiger partial charge is 0.263 e. The van der Waals surface area contributed by atoms with E-state index in [4.69, 9.17) is 27.9 Å². The van der Waals surface area contributed by atoms with E-state index in [1.54, 1.807) is 54.2 Å². The van der Waals surface area contributed by atoms with Crippen LogP contribution in [0.5, 0.6) is 5.75 Å². The fourth-order valence-corrected chi connectivity index (χ4v) is 5.37. The van der Waals surface area contributed by atoms with Gasteiger partial charge < -0.3 is 10.1 Å². The number of thioether (sulfide) groups is 1. The van der Waals surface area contributed by atoms with E-state index < -0.39 is 16.1 Å². The van der Waals surface area contributed by atoms with E-state index in [1.165, 1.54) is 4.31 Å². The quantitative estimate of drug-likeness (QED) is 0.620. The van der Waals surface area contributed by atoms with Crippen molar-refractivity contribution in [2.45, 2.75) is 11.9 Å². The van der Waals surface area contributed by atoms with Crippen molar-refractivity contribution in [3.05, 3.63) is 58.1 Å². The molecule has 29 heavy (non-hydrogen) atoms. The lowest BCUT2D eigenvalue weighted by Gasteiger charge is -2.33. The van der Waals surface area contributed by atoms with Crippen molar-refractivity contribution in [1.29, 1.82) is 0 Å². The van der Waals surface area contributed by atoms with Crippen molar-refractivity contribution in [1.82, 2.24) is 5.32 Å². The van der Waals surface area contributed by atoms with Gasteiger partial charge in [-0.25, -0.2) is 8.42 Å². The molecule has 3 rings (SSSR count). The number of halogens is 2. The van der Waals surface area contributed by atoms with Crippen LogP contribution in [0.2, 0.25) is 10.0 Å². The summed E-state index contributed by atoms with van der Waals surface area (Å²) < 4.78 is 31.2. The number of sulfonamides is 1. The molecule has 1 atom stereocenters. The largest absolute Gasteiger partial charge is 0.476 e. The lowest BCUT2D eigenvalue weighted by molar-refractivity contribution is -0.127. The van der Waals surface area contributed by atoms with E-state index in [0.717, 1.165) is 11.8 Å². The summed E-state index contributed by atoms with van der Waals surface area (Å²) in [6.07, 6.45) is 0.197. The summed E-state index contributed by atoms with van der Waals surface area (Å²) in [6, 6.07) is 12.1. The molecule has 6 nitrogen and oxygen atoms in total. The topological polar surface area (TPSA) is 75.7 Å². The summed E-state index contributed by atoms with van der Waals surface area (Å²) >= 11 is 13.9. The van der Waals surface area contributed by atoms with Gasteiger partial charge in [-0.1, -0.05) is 41.4 Å². The van der Waals surface area contributed by atoms with Crippen molar-refractivity contribution in [2.24, 2.45) is 0 Å². The van der Waals surface area contributed by atoms with Gasteiger partial charge in [0.2, 0.25) is 10.0 Å². The summed E-state index contributed by atoms with van der Waals surface area (Å²) in [6.45, 7) is 0.343. The van der Waals surface area contributed by atoms with Crippen LogP contribution in [0.15, 0.2) is 42.5 Å². The minimum atomic E-state index is -3.53. The Morgan fingerprint density at radius 1 is 1.21 bits per heavy atom. The zero-order valence-electron chi connectivity index (χ0n) is 15.6. The maximum absolute atomic E-state index is 12.5. The molecule has 156 valence electrons. The van der Waals surface area contributed by atoms with E-state index >= 15 is 0 Å². The van der Waals surface area contributed by atoms with Gasteiger partial charge in [0.05, 0.1) is 18.5 Å². The first-order valence-corrected chi connectivity index (χ1v) is 12.5. The summed E-state index contributed by atoms with van der Waals surface area (Å²) in [4.78, 5) is 12.5. The first-order chi connectivity index (χ1) is 13.8. The molecule has 1 N–H and O–H groups in total. The van der Waals surface area contributed by atoms with E-state index in [1.807, 2.05) is 0 Å². The van der Waals surface area contributed by atoms with E-state index in [0.29, 0.717) is 39.5 Å². The molecule has 0 aromatic heterocycles. The minimum absolute atomic E-state index is 0.0654. The second-order valence-corrected chi connectivity index (χ2v) is 10.2. The number of carbonyl (C=O) groups is 1. The zero-order chi connectivity index (χ0) is 21.0. The highest BCUT2D eigenvalue weighted by Crippen LogP contribution is 2.34. The number of ether oxygens (including phenoxy) is 1. The number of hydrogen-bond acceptors (Lipinski definition) is 5. The normalized spacial score (nSPS) is 16.1. The van der Waals surface area contributed by atoms with E-state index in [9.17, 15) is 13.2 Å². The molecule has 0 aliphatic carbocycles. The third-order valence-corrected chi connectivity index (χ3v) is 7.12. The summed E-state index contributed by atoms with van der Waals surface area (Å²) in [7, 11) is -3.53. The lowest BCUT2D eigenvalue weighted by Crippen LogP contribution is -2.50. The number of rotatable bonds is 7. The Hall–Kier alpha value is -1.61. The molecule has 0 fully saturated rings. The highest BCUT2D eigenvalue weighted by Gasteiger charge is 2.34. The SMILES string of the molecule is CS(=O)(=O)N1C[C@@H](C(=O)NCCSCc2c(Cl)cccc2Cl)Oc2ccccc21. The highest BCUT2D eigenvalue weighted by molar-refractivity contribution is 7.98. The fraction of sp³-hybridized carbons (Fsp3) is 0.316. The Morgan fingerprint density at radius 2 is 1.90 bits per heavy atom. The molecule has 0 radical (unpaired) electrons. The van der Waals surface area contributed by atoms with Gasteiger partial charge in [-0.2, -0.15) is 11.8 Å². The van der Waals surface area contributed by atoms with E-state index in [2.05, 4.69) is 5.32 Å². The van der Waals surface area contributed by atoms with Crippen molar-refractivity contribution in [3.8, 4) is 5.75 Å². The van der Waals surface area contributed by atoms with Gasteiger partial charge in [0, 0.05) is 28.1 Å². The van der Waals surface area contributed by atoms with Crippen molar-refractivity contribution < 1.29 is 17.9 Å². The molecule has 1 heterocycles. The molecule has 0 unspecified atom stereocenters. The monoisotopic (exact) mass is 474 g/mol. The van der Waals surface area contributed by atoms with Crippen LogP contribution in [0, 0.1) is 0 Å². The number of carbonyl (C=O) groups excluding carboxylic acids is 1. The van der Waals surface area contributed by atoms with Crippen molar-refractivity contribution in [3.63, 3.8) is 0 Å². The molecule has 0 bridgehead atoms. The molecular weight excluding hydrogens is 455 g/mol. The molecule has 1 aliphatic heterocycles. The Kier molecular flexibility index (Phi) is 7.21. The Bertz CT molecular complexity index is 981. The second-order valence-electron chi connectivity index (χ2n) is 6.41. The van der Waals surface area contributed by atoms with Gasteiger partial charge in [0.25, 0.3) is 5.91 Å². The van der Waals surface area contributed by atoms with Gasteiger partial charge in [0.15, 0.2) is 6.10 Å². The zero-order valence-corrected chi connectivity index (χ0v) is 18.7. The summed E-state index contributed by atoms with van der Waals surface area (Å²) in [5, 5.41) is 4.03. The molecule has 10 heteroatoms. The van der Waals surface area contributed by atoms with Crippen molar-refractivity contribution in [2.75, 3.05) is 29.4 Å².